The minimum absolute atomic E-state index is 0.0629. The molecule has 0 spiro atoms. The van der Waals surface area contributed by atoms with Gasteiger partial charge in [-0.1, -0.05) is 0 Å². The van der Waals surface area contributed by atoms with Crippen molar-refractivity contribution < 1.29 is 17.9 Å². The van der Waals surface area contributed by atoms with Crippen molar-refractivity contribution in [2.24, 2.45) is 0 Å². The predicted octanol–water partition coefficient (Wildman–Crippen LogP) is 3.01. The fourth-order valence-electron chi connectivity index (χ4n) is 3.22. The average molecular weight is 478 g/mol. The van der Waals surface area contributed by atoms with Crippen LogP contribution in [0.5, 0.6) is 0 Å². The first kappa shape index (κ1) is 21.3. The Morgan fingerprint density at radius 2 is 1.83 bits per heavy atom. The van der Waals surface area contributed by atoms with Crippen molar-refractivity contribution in [1.82, 2.24) is 4.31 Å². The van der Waals surface area contributed by atoms with Crippen LogP contribution in [0, 0.1) is 11.3 Å². The fraction of sp³-hybridized carbons (Fsp3) is 0.300. The number of anilines is 1. The maximum Gasteiger partial charge on any atom is 0.339 e. The van der Waals surface area contributed by atoms with Gasteiger partial charge in [0.1, 0.15) is 0 Å². The Hall–Kier alpha value is -2.41. The Morgan fingerprint density at radius 1 is 1.10 bits per heavy atom. The van der Waals surface area contributed by atoms with Gasteiger partial charge in [0.15, 0.2) is 0 Å². The van der Waals surface area contributed by atoms with Crippen molar-refractivity contribution in [1.29, 1.82) is 5.26 Å². The molecule has 0 saturated carbocycles. The first-order chi connectivity index (χ1) is 13.9. The lowest BCUT2D eigenvalue weighted by Gasteiger charge is -2.23. The van der Waals surface area contributed by atoms with Gasteiger partial charge in [0, 0.05) is 36.3 Å². The molecule has 0 radical (unpaired) electrons. The molecule has 1 heterocycles. The van der Waals surface area contributed by atoms with Gasteiger partial charge >= 0.3 is 5.97 Å². The van der Waals surface area contributed by atoms with E-state index in [4.69, 9.17) is 10.00 Å². The van der Waals surface area contributed by atoms with Gasteiger partial charge in [-0.3, -0.25) is 0 Å². The number of carbonyl (C=O) groups is 1. The van der Waals surface area contributed by atoms with Crippen molar-refractivity contribution in [3.05, 3.63) is 58.1 Å². The maximum absolute atomic E-state index is 13.1. The minimum atomic E-state index is -3.75. The number of esters is 1. The van der Waals surface area contributed by atoms with Crippen LogP contribution in [0.2, 0.25) is 0 Å². The Bertz CT molecular complexity index is 1050. The van der Waals surface area contributed by atoms with E-state index >= 15 is 0 Å². The molecule has 0 amide bonds. The van der Waals surface area contributed by atoms with Gasteiger partial charge in [0.05, 0.1) is 29.2 Å². The van der Waals surface area contributed by atoms with E-state index in [2.05, 4.69) is 26.9 Å². The first-order valence-electron chi connectivity index (χ1n) is 9.00. The summed E-state index contributed by atoms with van der Waals surface area (Å²) in [4.78, 5) is 14.1. The number of benzene rings is 2. The molecule has 2 aromatic rings. The van der Waals surface area contributed by atoms with Crippen LogP contribution in [0.4, 0.5) is 5.69 Å². The molecule has 3 rings (SSSR count). The molecular formula is C20H20BrN3O4S. The van der Waals surface area contributed by atoms with Crippen molar-refractivity contribution in [3.8, 4) is 6.07 Å². The van der Waals surface area contributed by atoms with E-state index in [1.165, 1.54) is 23.5 Å². The molecule has 0 atom stereocenters. The number of methoxy groups -OCH3 is 1. The third kappa shape index (κ3) is 4.61. The number of carbonyl (C=O) groups excluding carboxylic acids is 1. The number of sulfonamides is 1. The number of hydrogen-bond acceptors (Lipinski definition) is 6. The lowest BCUT2D eigenvalue weighted by Crippen LogP contribution is -2.35. The monoisotopic (exact) mass is 477 g/mol. The van der Waals surface area contributed by atoms with Crippen LogP contribution >= 0.6 is 15.9 Å². The number of halogens is 1. The van der Waals surface area contributed by atoms with Gasteiger partial charge < -0.3 is 9.64 Å². The highest BCUT2D eigenvalue weighted by atomic mass is 79.9. The number of nitriles is 1. The summed E-state index contributed by atoms with van der Waals surface area (Å²) in [5.74, 6) is -0.600. The smallest absolute Gasteiger partial charge is 0.339 e. The Balaban J connectivity index is 1.80. The SMILES string of the molecule is COC(=O)c1cc(S(=O)(=O)N2CCCN(c3ccc(C#N)cc3)CC2)ccc1Br. The van der Waals surface area contributed by atoms with Crippen LogP contribution in [0.3, 0.4) is 0 Å². The highest BCUT2D eigenvalue weighted by Crippen LogP contribution is 2.25. The predicted molar refractivity (Wildman–Crippen MR) is 112 cm³/mol. The zero-order chi connectivity index (χ0) is 21.0. The summed E-state index contributed by atoms with van der Waals surface area (Å²) >= 11 is 3.26. The van der Waals surface area contributed by atoms with Crippen LogP contribution in [0.25, 0.3) is 0 Å². The van der Waals surface area contributed by atoms with Crippen LogP contribution in [0.15, 0.2) is 51.8 Å². The largest absolute Gasteiger partial charge is 0.465 e. The van der Waals surface area contributed by atoms with Crippen LogP contribution in [0.1, 0.15) is 22.3 Å². The quantitative estimate of drug-likeness (QED) is 0.628. The number of nitrogens with zero attached hydrogens (tertiary/aromatic N) is 3. The molecule has 1 saturated heterocycles. The summed E-state index contributed by atoms with van der Waals surface area (Å²) in [5, 5.41) is 8.93. The summed E-state index contributed by atoms with van der Waals surface area (Å²) < 4.78 is 32.9. The van der Waals surface area contributed by atoms with E-state index in [0.717, 1.165) is 5.69 Å². The van der Waals surface area contributed by atoms with Crippen molar-refractivity contribution >= 4 is 37.6 Å². The fourth-order valence-corrected chi connectivity index (χ4v) is 5.12. The number of ether oxygens (including phenoxy) is 1. The second kappa shape index (κ2) is 8.95. The van der Waals surface area contributed by atoms with E-state index in [0.29, 0.717) is 42.6 Å². The normalized spacial score (nSPS) is 15.4. The van der Waals surface area contributed by atoms with Gasteiger partial charge in [-0.05, 0) is 64.8 Å². The lowest BCUT2D eigenvalue weighted by molar-refractivity contribution is 0.0599. The molecule has 9 heteroatoms. The molecule has 0 bridgehead atoms. The van der Waals surface area contributed by atoms with Crippen LogP contribution in [-0.4, -0.2) is 52.0 Å². The van der Waals surface area contributed by atoms with Crippen LogP contribution in [-0.2, 0) is 14.8 Å². The van der Waals surface area contributed by atoms with Gasteiger partial charge in [-0.15, -0.1) is 0 Å². The van der Waals surface area contributed by atoms with E-state index < -0.39 is 16.0 Å². The molecule has 0 aliphatic carbocycles. The zero-order valence-electron chi connectivity index (χ0n) is 15.8. The maximum atomic E-state index is 13.1. The number of rotatable bonds is 4. The summed E-state index contributed by atoms with van der Waals surface area (Å²) in [7, 11) is -2.50. The van der Waals surface area contributed by atoms with E-state index in [1.807, 2.05) is 12.1 Å². The topological polar surface area (TPSA) is 90.7 Å². The summed E-state index contributed by atoms with van der Waals surface area (Å²) in [6.07, 6.45) is 0.666. The molecular weight excluding hydrogens is 458 g/mol. The van der Waals surface area contributed by atoms with Gasteiger partial charge in [0.25, 0.3) is 0 Å². The summed E-state index contributed by atoms with van der Waals surface area (Å²) in [6.45, 7) is 1.96. The second-order valence-electron chi connectivity index (χ2n) is 6.54. The average Bonchev–Trinajstić information content (AvgIpc) is 3.00. The highest BCUT2D eigenvalue weighted by molar-refractivity contribution is 9.10. The molecule has 2 aromatic carbocycles. The van der Waals surface area contributed by atoms with E-state index in [9.17, 15) is 13.2 Å². The van der Waals surface area contributed by atoms with Crippen LogP contribution < -0.4 is 4.90 Å². The van der Waals surface area contributed by atoms with E-state index in [1.54, 1.807) is 18.2 Å². The molecule has 0 aromatic heterocycles. The minimum Gasteiger partial charge on any atom is -0.465 e. The Labute approximate surface area is 178 Å². The van der Waals surface area contributed by atoms with Crippen molar-refractivity contribution in [3.63, 3.8) is 0 Å². The molecule has 7 nitrogen and oxygen atoms in total. The zero-order valence-corrected chi connectivity index (χ0v) is 18.2. The molecule has 1 aliphatic rings. The molecule has 29 heavy (non-hydrogen) atoms. The number of hydrogen-bond donors (Lipinski definition) is 0. The lowest BCUT2D eigenvalue weighted by atomic mass is 10.2. The summed E-state index contributed by atoms with van der Waals surface area (Å²) in [5.41, 5.74) is 1.71. The molecule has 152 valence electrons. The first-order valence-corrected chi connectivity index (χ1v) is 11.2. The molecule has 1 fully saturated rings. The Kier molecular flexibility index (Phi) is 6.57. The Morgan fingerprint density at radius 3 is 2.48 bits per heavy atom. The van der Waals surface area contributed by atoms with E-state index in [-0.39, 0.29) is 10.5 Å². The van der Waals surface area contributed by atoms with Crippen molar-refractivity contribution in [2.45, 2.75) is 11.3 Å². The third-order valence-electron chi connectivity index (χ3n) is 4.80. The highest BCUT2D eigenvalue weighted by Gasteiger charge is 2.28. The van der Waals surface area contributed by atoms with Gasteiger partial charge in [-0.25, -0.2) is 13.2 Å². The summed E-state index contributed by atoms with van der Waals surface area (Å²) in [6, 6.07) is 13.7. The van der Waals surface area contributed by atoms with Gasteiger partial charge in [0.2, 0.25) is 10.0 Å². The standard InChI is InChI=1S/C20H20BrN3O4S/c1-28-20(25)18-13-17(7-8-19(18)21)29(26,27)24-10-2-9-23(11-12-24)16-5-3-15(14-22)4-6-16/h3-8,13H,2,9-12H2,1H3. The second-order valence-corrected chi connectivity index (χ2v) is 9.33. The van der Waals surface area contributed by atoms with Gasteiger partial charge in [-0.2, -0.15) is 9.57 Å². The molecule has 0 N–H and O–H groups in total. The molecule has 1 aliphatic heterocycles. The van der Waals surface area contributed by atoms with Crippen molar-refractivity contribution in [2.75, 3.05) is 38.2 Å². The molecule has 0 unspecified atom stereocenters. The third-order valence-corrected chi connectivity index (χ3v) is 7.38.